The Hall–Kier alpha value is -2.46. The SMILES string of the molecule is COCCCNc1ncc(-c2cccnc2)c2cccc(C)c12. The van der Waals surface area contributed by atoms with Crippen molar-refractivity contribution >= 4 is 16.6 Å². The Morgan fingerprint density at radius 3 is 2.83 bits per heavy atom. The van der Waals surface area contributed by atoms with E-state index in [0.29, 0.717) is 0 Å². The number of pyridine rings is 2. The van der Waals surface area contributed by atoms with Gasteiger partial charge in [0, 0.05) is 55.4 Å². The summed E-state index contributed by atoms with van der Waals surface area (Å²) < 4.78 is 5.10. The van der Waals surface area contributed by atoms with E-state index in [1.807, 2.05) is 18.5 Å². The first-order chi connectivity index (χ1) is 11.3. The van der Waals surface area contributed by atoms with Crippen LogP contribution in [0.2, 0.25) is 0 Å². The molecule has 4 nitrogen and oxygen atoms in total. The van der Waals surface area contributed by atoms with E-state index >= 15 is 0 Å². The summed E-state index contributed by atoms with van der Waals surface area (Å²) >= 11 is 0. The number of nitrogens with one attached hydrogen (secondary N) is 1. The molecule has 1 aromatic carbocycles. The van der Waals surface area contributed by atoms with Gasteiger partial charge in [-0.2, -0.15) is 0 Å². The standard InChI is InChI=1S/C19H21N3O/c1-14-6-3-8-16-17(15-7-4-9-20-12-15)13-22-19(18(14)16)21-10-5-11-23-2/h3-4,6-9,12-13H,5,10-11H2,1-2H3,(H,21,22). The fourth-order valence-corrected chi connectivity index (χ4v) is 2.78. The molecule has 0 radical (unpaired) electrons. The van der Waals surface area contributed by atoms with Gasteiger partial charge in [0.15, 0.2) is 0 Å². The van der Waals surface area contributed by atoms with Crippen molar-refractivity contribution in [2.24, 2.45) is 0 Å². The maximum atomic E-state index is 5.10. The van der Waals surface area contributed by atoms with E-state index < -0.39 is 0 Å². The molecule has 3 aromatic rings. The number of fused-ring (bicyclic) bond motifs is 1. The van der Waals surface area contributed by atoms with Gasteiger partial charge in [-0.15, -0.1) is 0 Å². The minimum atomic E-state index is 0.748. The normalized spacial score (nSPS) is 10.9. The zero-order valence-electron chi connectivity index (χ0n) is 13.5. The largest absolute Gasteiger partial charge is 0.385 e. The van der Waals surface area contributed by atoms with Crippen molar-refractivity contribution in [3.8, 4) is 11.1 Å². The van der Waals surface area contributed by atoms with Crippen LogP contribution in [0.1, 0.15) is 12.0 Å². The summed E-state index contributed by atoms with van der Waals surface area (Å²) in [6.07, 6.45) is 6.55. The van der Waals surface area contributed by atoms with Crippen molar-refractivity contribution in [1.82, 2.24) is 9.97 Å². The number of anilines is 1. The molecular weight excluding hydrogens is 286 g/mol. The van der Waals surface area contributed by atoms with E-state index in [4.69, 9.17) is 4.74 Å². The third kappa shape index (κ3) is 3.32. The highest BCUT2D eigenvalue weighted by Gasteiger charge is 2.11. The minimum absolute atomic E-state index is 0.748. The Balaban J connectivity index is 2.04. The molecule has 0 unspecified atom stereocenters. The monoisotopic (exact) mass is 307 g/mol. The van der Waals surface area contributed by atoms with Crippen LogP contribution in [0.25, 0.3) is 21.9 Å². The smallest absolute Gasteiger partial charge is 0.134 e. The summed E-state index contributed by atoms with van der Waals surface area (Å²) in [7, 11) is 1.72. The molecule has 0 spiro atoms. The Morgan fingerprint density at radius 1 is 1.13 bits per heavy atom. The Morgan fingerprint density at radius 2 is 2.04 bits per heavy atom. The van der Waals surface area contributed by atoms with Crippen LogP contribution in [0, 0.1) is 6.92 Å². The first-order valence-electron chi connectivity index (χ1n) is 7.83. The van der Waals surface area contributed by atoms with E-state index in [2.05, 4.69) is 46.5 Å². The predicted octanol–water partition coefficient (Wildman–Crippen LogP) is 4.05. The lowest BCUT2D eigenvalue weighted by atomic mass is 9.99. The number of methoxy groups -OCH3 is 1. The second-order valence-electron chi connectivity index (χ2n) is 5.53. The van der Waals surface area contributed by atoms with Gasteiger partial charge in [-0.05, 0) is 30.4 Å². The van der Waals surface area contributed by atoms with Crippen LogP contribution in [0.3, 0.4) is 0 Å². The van der Waals surface area contributed by atoms with Crippen molar-refractivity contribution < 1.29 is 4.74 Å². The third-order valence-electron chi connectivity index (χ3n) is 3.91. The lowest BCUT2D eigenvalue weighted by molar-refractivity contribution is 0.198. The molecule has 0 amide bonds. The van der Waals surface area contributed by atoms with Gasteiger partial charge in [0.2, 0.25) is 0 Å². The van der Waals surface area contributed by atoms with Crippen molar-refractivity contribution in [3.05, 3.63) is 54.5 Å². The Labute approximate surface area is 136 Å². The number of benzene rings is 1. The Bertz CT molecular complexity index is 787. The lowest BCUT2D eigenvalue weighted by Gasteiger charge is -2.14. The van der Waals surface area contributed by atoms with E-state index in [0.717, 1.165) is 36.5 Å². The van der Waals surface area contributed by atoms with Crippen LogP contribution in [0.4, 0.5) is 5.82 Å². The fourth-order valence-electron chi connectivity index (χ4n) is 2.78. The molecule has 118 valence electrons. The molecule has 3 rings (SSSR count). The molecule has 2 heterocycles. The molecule has 0 atom stereocenters. The topological polar surface area (TPSA) is 47.0 Å². The van der Waals surface area contributed by atoms with Crippen molar-refractivity contribution in [2.45, 2.75) is 13.3 Å². The molecule has 2 aromatic heterocycles. The maximum absolute atomic E-state index is 5.10. The molecule has 0 saturated heterocycles. The first-order valence-corrected chi connectivity index (χ1v) is 7.83. The molecule has 0 aliphatic rings. The van der Waals surface area contributed by atoms with Crippen LogP contribution in [0.15, 0.2) is 48.9 Å². The molecule has 0 aliphatic heterocycles. The molecule has 0 fully saturated rings. The fraction of sp³-hybridized carbons (Fsp3) is 0.263. The summed E-state index contributed by atoms with van der Waals surface area (Å²) in [6, 6.07) is 10.4. The van der Waals surface area contributed by atoms with Gasteiger partial charge in [-0.3, -0.25) is 4.98 Å². The highest BCUT2D eigenvalue weighted by atomic mass is 16.5. The van der Waals surface area contributed by atoms with Crippen LogP contribution < -0.4 is 5.32 Å². The van der Waals surface area contributed by atoms with Crippen LogP contribution in [-0.4, -0.2) is 30.2 Å². The van der Waals surface area contributed by atoms with Gasteiger partial charge in [0.05, 0.1) is 0 Å². The lowest BCUT2D eigenvalue weighted by Crippen LogP contribution is -2.07. The average molecular weight is 307 g/mol. The number of hydrogen-bond donors (Lipinski definition) is 1. The molecule has 0 aliphatic carbocycles. The van der Waals surface area contributed by atoms with Gasteiger partial charge in [-0.25, -0.2) is 4.98 Å². The summed E-state index contributed by atoms with van der Waals surface area (Å²) in [5.41, 5.74) is 3.41. The van der Waals surface area contributed by atoms with Crippen molar-refractivity contribution in [3.63, 3.8) is 0 Å². The van der Waals surface area contributed by atoms with E-state index in [1.54, 1.807) is 13.3 Å². The summed E-state index contributed by atoms with van der Waals surface area (Å²) in [4.78, 5) is 8.89. The van der Waals surface area contributed by atoms with Crippen LogP contribution in [0.5, 0.6) is 0 Å². The second kappa shape index (κ2) is 7.20. The van der Waals surface area contributed by atoms with Gasteiger partial charge >= 0.3 is 0 Å². The Kier molecular flexibility index (Phi) is 4.83. The van der Waals surface area contributed by atoms with E-state index in [1.165, 1.54) is 16.3 Å². The van der Waals surface area contributed by atoms with Gasteiger partial charge in [-0.1, -0.05) is 24.3 Å². The first kappa shape index (κ1) is 15.4. The molecule has 4 heteroatoms. The van der Waals surface area contributed by atoms with Crippen molar-refractivity contribution in [2.75, 3.05) is 25.6 Å². The van der Waals surface area contributed by atoms with Crippen molar-refractivity contribution in [1.29, 1.82) is 0 Å². The molecule has 1 N–H and O–H groups in total. The van der Waals surface area contributed by atoms with E-state index in [-0.39, 0.29) is 0 Å². The van der Waals surface area contributed by atoms with Crippen LogP contribution >= 0.6 is 0 Å². The minimum Gasteiger partial charge on any atom is -0.385 e. The van der Waals surface area contributed by atoms with E-state index in [9.17, 15) is 0 Å². The number of ether oxygens (including phenoxy) is 1. The molecule has 23 heavy (non-hydrogen) atoms. The summed E-state index contributed by atoms with van der Waals surface area (Å²) in [5.74, 6) is 0.932. The molecule has 0 bridgehead atoms. The number of nitrogens with zero attached hydrogens (tertiary/aromatic N) is 2. The third-order valence-corrected chi connectivity index (χ3v) is 3.91. The number of aryl methyl sites for hydroxylation is 1. The van der Waals surface area contributed by atoms with Crippen LogP contribution in [-0.2, 0) is 4.74 Å². The summed E-state index contributed by atoms with van der Waals surface area (Å²) in [6.45, 7) is 3.71. The highest BCUT2D eigenvalue weighted by Crippen LogP contribution is 2.33. The predicted molar refractivity (Wildman–Crippen MR) is 94.7 cm³/mol. The molecular formula is C19H21N3O. The number of rotatable bonds is 6. The van der Waals surface area contributed by atoms with Gasteiger partial charge < -0.3 is 10.1 Å². The van der Waals surface area contributed by atoms with Gasteiger partial charge in [0.1, 0.15) is 5.82 Å². The summed E-state index contributed by atoms with van der Waals surface area (Å²) in [5, 5.41) is 5.80. The average Bonchev–Trinajstić information content (AvgIpc) is 2.59. The highest BCUT2D eigenvalue weighted by molar-refractivity contribution is 6.03. The van der Waals surface area contributed by atoms with Gasteiger partial charge in [0.25, 0.3) is 0 Å². The zero-order valence-corrected chi connectivity index (χ0v) is 13.5. The maximum Gasteiger partial charge on any atom is 0.134 e. The number of aromatic nitrogens is 2. The second-order valence-corrected chi connectivity index (χ2v) is 5.53. The number of hydrogen-bond acceptors (Lipinski definition) is 4. The zero-order chi connectivity index (χ0) is 16.1. The molecule has 0 saturated carbocycles. The quantitative estimate of drug-likeness (QED) is 0.698.